The summed E-state index contributed by atoms with van der Waals surface area (Å²) in [7, 11) is 0. The fraction of sp³-hybridized carbons (Fsp3) is 0.133. The van der Waals surface area contributed by atoms with Crippen molar-refractivity contribution in [1.82, 2.24) is 0 Å². The second-order valence-corrected chi connectivity index (χ2v) is 3.99. The minimum Gasteiger partial charge on any atom is -0.326 e. The van der Waals surface area contributed by atoms with Crippen LogP contribution in [0.5, 0.6) is 0 Å². The van der Waals surface area contributed by atoms with Gasteiger partial charge in [-0.25, -0.2) is 0 Å². The number of rotatable bonds is 3. The number of anilines is 1. The van der Waals surface area contributed by atoms with Crippen LogP contribution in [0.15, 0.2) is 60.7 Å². The minimum atomic E-state index is -0.142. The lowest BCUT2D eigenvalue weighted by Crippen LogP contribution is -2.18. The van der Waals surface area contributed by atoms with Crippen LogP contribution < -0.4 is 5.32 Å². The van der Waals surface area contributed by atoms with Crippen molar-refractivity contribution in [3.05, 3.63) is 66.2 Å². The highest BCUT2D eigenvalue weighted by molar-refractivity contribution is 5.95. The molecule has 0 aliphatic heterocycles. The summed E-state index contributed by atoms with van der Waals surface area (Å²) in [5, 5.41) is 2.90. The first kappa shape index (κ1) is 11.4. The second-order valence-electron chi connectivity index (χ2n) is 3.99. The first-order chi connectivity index (χ1) is 8.27. The van der Waals surface area contributed by atoms with Crippen LogP contribution in [0.4, 0.5) is 5.69 Å². The number of nitrogens with one attached hydrogen (secondary N) is 1. The summed E-state index contributed by atoms with van der Waals surface area (Å²) in [5.41, 5.74) is 1.86. The molecule has 0 fully saturated rings. The van der Waals surface area contributed by atoms with Crippen LogP contribution >= 0.6 is 0 Å². The van der Waals surface area contributed by atoms with Crippen molar-refractivity contribution in [1.29, 1.82) is 0 Å². The highest BCUT2D eigenvalue weighted by Gasteiger charge is 2.14. The normalized spacial score (nSPS) is 11.8. The maximum atomic E-state index is 12.0. The third kappa shape index (κ3) is 2.94. The van der Waals surface area contributed by atoms with E-state index in [0.29, 0.717) is 0 Å². The molecule has 1 amide bonds. The highest BCUT2D eigenvalue weighted by Crippen LogP contribution is 2.17. The molecule has 2 aromatic carbocycles. The third-order valence-electron chi connectivity index (χ3n) is 2.73. The molecule has 2 heteroatoms. The Bertz CT molecular complexity index is 479. The summed E-state index contributed by atoms with van der Waals surface area (Å²) in [6, 6.07) is 19.3. The molecule has 0 saturated heterocycles. The Kier molecular flexibility index (Phi) is 3.55. The van der Waals surface area contributed by atoms with E-state index < -0.39 is 0 Å². The van der Waals surface area contributed by atoms with E-state index >= 15 is 0 Å². The van der Waals surface area contributed by atoms with Gasteiger partial charge in [0.2, 0.25) is 5.91 Å². The van der Waals surface area contributed by atoms with Crippen molar-refractivity contribution in [3.8, 4) is 0 Å². The predicted molar refractivity (Wildman–Crippen MR) is 69.9 cm³/mol. The zero-order chi connectivity index (χ0) is 12.1. The largest absolute Gasteiger partial charge is 0.326 e. The zero-order valence-corrected chi connectivity index (χ0v) is 9.76. The van der Waals surface area contributed by atoms with Crippen LogP contribution in [0.25, 0.3) is 0 Å². The molecular weight excluding hydrogens is 210 g/mol. The molecule has 2 nitrogen and oxygen atoms in total. The molecular formula is C15H15NO. The van der Waals surface area contributed by atoms with Crippen molar-refractivity contribution in [2.45, 2.75) is 12.8 Å². The van der Waals surface area contributed by atoms with Gasteiger partial charge in [-0.15, -0.1) is 0 Å². The Hall–Kier alpha value is -2.09. The molecule has 0 aliphatic rings. The topological polar surface area (TPSA) is 29.1 Å². The molecule has 1 N–H and O–H groups in total. The van der Waals surface area contributed by atoms with Crippen LogP contribution in [-0.4, -0.2) is 5.91 Å². The SMILES string of the molecule is C[C@@H](C(=O)Nc1ccccc1)c1ccccc1. The lowest BCUT2D eigenvalue weighted by molar-refractivity contribution is -0.117. The molecule has 2 aromatic rings. The van der Waals surface area contributed by atoms with Gasteiger partial charge in [-0.3, -0.25) is 4.79 Å². The summed E-state index contributed by atoms with van der Waals surface area (Å²) in [6.45, 7) is 1.91. The Morgan fingerprint density at radius 1 is 0.941 bits per heavy atom. The Morgan fingerprint density at radius 2 is 1.47 bits per heavy atom. The number of carbonyl (C=O) groups excluding carboxylic acids is 1. The van der Waals surface area contributed by atoms with Crippen molar-refractivity contribution >= 4 is 11.6 Å². The molecule has 2 rings (SSSR count). The molecule has 0 aliphatic carbocycles. The smallest absolute Gasteiger partial charge is 0.231 e. The maximum absolute atomic E-state index is 12.0. The Labute approximate surface area is 101 Å². The molecule has 0 unspecified atom stereocenters. The fourth-order valence-electron chi connectivity index (χ4n) is 1.67. The van der Waals surface area contributed by atoms with Crippen molar-refractivity contribution in [2.75, 3.05) is 5.32 Å². The molecule has 0 bridgehead atoms. The molecule has 0 radical (unpaired) electrons. The first-order valence-electron chi connectivity index (χ1n) is 5.68. The van der Waals surface area contributed by atoms with Gasteiger partial charge in [0.05, 0.1) is 5.92 Å². The molecule has 0 saturated carbocycles. The second kappa shape index (κ2) is 5.30. The molecule has 0 aromatic heterocycles. The summed E-state index contributed by atoms with van der Waals surface area (Å²) in [5.74, 6) is -0.126. The first-order valence-corrected chi connectivity index (χ1v) is 5.68. The third-order valence-corrected chi connectivity index (χ3v) is 2.73. The lowest BCUT2D eigenvalue weighted by Gasteiger charge is -2.12. The number of amides is 1. The van der Waals surface area contributed by atoms with Gasteiger partial charge in [0, 0.05) is 5.69 Å². The monoisotopic (exact) mass is 225 g/mol. The van der Waals surface area contributed by atoms with Crippen LogP contribution in [0.3, 0.4) is 0 Å². The van der Waals surface area contributed by atoms with E-state index in [1.54, 1.807) is 0 Å². The lowest BCUT2D eigenvalue weighted by atomic mass is 10.0. The standard InChI is InChI=1S/C15H15NO/c1-12(13-8-4-2-5-9-13)15(17)16-14-10-6-3-7-11-14/h2-12H,1H3,(H,16,17)/t12-/m1/s1. The Balaban J connectivity index is 2.06. The van der Waals surface area contributed by atoms with Crippen LogP contribution in [-0.2, 0) is 4.79 Å². The highest BCUT2D eigenvalue weighted by atomic mass is 16.1. The number of benzene rings is 2. The van der Waals surface area contributed by atoms with Gasteiger partial charge in [0.1, 0.15) is 0 Å². The van der Waals surface area contributed by atoms with E-state index in [1.165, 1.54) is 0 Å². The van der Waals surface area contributed by atoms with Gasteiger partial charge in [0.15, 0.2) is 0 Å². The van der Waals surface area contributed by atoms with Gasteiger partial charge in [-0.05, 0) is 24.6 Å². The van der Waals surface area contributed by atoms with Crippen LogP contribution in [0.2, 0.25) is 0 Å². The molecule has 17 heavy (non-hydrogen) atoms. The zero-order valence-electron chi connectivity index (χ0n) is 9.76. The summed E-state index contributed by atoms with van der Waals surface area (Å²) in [4.78, 5) is 12.0. The van der Waals surface area contributed by atoms with Crippen LogP contribution in [0, 0.1) is 0 Å². The quantitative estimate of drug-likeness (QED) is 0.851. The van der Waals surface area contributed by atoms with Gasteiger partial charge in [0.25, 0.3) is 0 Å². The van der Waals surface area contributed by atoms with Crippen molar-refractivity contribution < 1.29 is 4.79 Å². The summed E-state index contributed by atoms with van der Waals surface area (Å²) < 4.78 is 0. The van der Waals surface area contributed by atoms with Gasteiger partial charge >= 0.3 is 0 Å². The fourth-order valence-corrected chi connectivity index (χ4v) is 1.67. The van der Waals surface area contributed by atoms with Gasteiger partial charge in [-0.2, -0.15) is 0 Å². The molecule has 0 spiro atoms. The van der Waals surface area contributed by atoms with Crippen molar-refractivity contribution in [3.63, 3.8) is 0 Å². The molecule has 0 heterocycles. The Morgan fingerprint density at radius 3 is 2.06 bits per heavy atom. The van der Waals surface area contributed by atoms with Crippen LogP contribution in [0.1, 0.15) is 18.4 Å². The van der Waals surface area contributed by atoms with E-state index in [9.17, 15) is 4.79 Å². The van der Waals surface area contributed by atoms with E-state index in [-0.39, 0.29) is 11.8 Å². The predicted octanol–water partition coefficient (Wildman–Crippen LogP) is 3.43. The maximum Gasteiger partial charge on any atom is 0.231 e. The summed E-state index contributed by atoms with van der Waals surface area (Å²) >= 11 is 0. The van der Waals surface area contributed by atoms with E-state index in [4.69, 9.17) is 0 Å². The van der Waals surface area contributed by atoms with Gasteiger partial charge < -0.3 is 5.32 Å². The number of carbonyl (C=O) groups is 1. The van der Waals surface area contributed by atoms with E-state index in [2.05, 4.69) is 5.32 Å². The van der Waals surface area contributed by atoms with E-state index in [1.807, 2.05) is 67.6 Å². The number of hydrogen-bond acceptors (Lipinski definition) is 1. The summed E-state index contributed by atoms with van der Waals surface area (Å²) in [6.07, 6.45) is 0. The number of para-hydroxylation sites is 1. The van der Waals surface area contributed by atoms with Crippen molar-refractivity contribution in [2.24, 2.45) is 0 Å². The van der Waals surface area contributed by atoms with E-state index in [0.717, 1.165) is 11.3 Å². The molecule has 86 valence electrons. The molecule has 1 atom stereocenters. The van der Waals surface area contributed by atoms with Gasteiger partial charge in [-0.1, -0.05) is 48.5 Å². The number of hydrogen-bond donors (Lipinski definition) is 1. The average Bonchev–Trinajstić information content (AvgIpc) is 2.40. The minimum absolute atomic E-state index is 0.0161. The average molecular weight is 225 g/mol.